The van der Waals surface area contributed by atoms with Crippen LogP contribution in [0, 0.1) is 0 Å². The molecule has 0 fully saturated rings. The Bertz CT molecular complexity index is 1490. The van der Waals surface area contributed by atoms with E-state index in [9.17, 15) is 19.8 Å². The monoisotopic (exact) mass is 1290 g/mol. The SMILES string of the molecule is CCCCCCC/C=C\CCCCCCCC(=O)OCCCCCCCCCCCCCCC/C=C\C/C=C\CCCCCCCCCCCCCCCCCCCC(=O)NC(CO)C(O)CCCCCCCCCCCCCCCCCCCCCCCCCC. The van der Waals surface area contributed by atoms with Crippen LogP contribution in [0.25, 0.3) is 0 Å². The quantitative estimate of drug-likeness (QED) is 0.0320. The van der Waals surface area contributed by atoms with Gasteiger partial charge in [0.05, 0.1) is 25.4 Å². The van der Waals surface area contributed by atoms with E-state index in [-0.39, 0.29) is 18.5 Å². The molecule has 3 N–H and O–H groups in total. The Labute approximate surface area is 576 Å². The van der Waals surface area contributed by atoms with Gasteiger partial charge in [-0.15, -0.1) is 0 Å². The molecule has 0 aliphatic heterocycles. The van der Waals surface area contributed by atoms with Gasteiger partial charge < -0.3 is 20.3 Å². The first-order valence-corrected chi connectivity index (χ1v) is 42.2. The summed E-state index contributed by atoms with van der Waals surface area (Å²) in [5, 5.41) is 23.5. The van der Waals surface area contributed by atoms with Crippen LogP contribution in [0.15, 0.2) is 36.5 Å². The molecule has 6 nitrogen and oxygen atoms in total. The maximum Gasteiger partial charge on any atom is 0.305 e. The average Bonchev–Trinajstić information content (AvgIpc) is 3.66. The van der Waals surface area contributed by atoms with Crippen molar-refractivity contribution in [2.24, 2.45) is 0 Å². The van der Waals surface area contributed by atoms with E-state index in [1.807, 2.05) is 0 Å². The number of aliphatic hydroxyl groups excluding tert-OH is 2. The largest absolute Gasteiger partial charge is 0.466 e. The maximum atomic E-state index is 12.6. The highest BCUT2D eigenvalue weighted by atomic mass is 16.5. The van der Waals surface area contributed by atoms with Crippen LogP contribution < -0.4 is 5.32 Å². The molecule has 2 atom stereocenters. The number of amides is 1. The molecule has 0 aliphatic carbocycles. The number of hydrogen-bond acceptors (Lipinski definition) is 5. The summed E-state index contributed by atoms with van der Waals surface area (Å²) in [6.45, 7) is 4.99. The van der Waals surface area contributed by atoms with Crippen molar-refractivity contribution in [1.29, 1.82) is 0 Å². The van der Waals surface area contributed by atoms with Crippen LogP contribution in [0.5, 0.6) is 0 Å². The van der Waals surface area contributed by atoms with Crippen LogP contribution in [0.2, 0.25) is 0 Å². The van der Waals surface area contributed by atoms with E-state index in [0.29, 0.717) is 25.9 Å². The van der Waals surface area contributed by atoms with Gasteiger partial charge in [0.25, 0.3) is 0 Å². The Morgan fingerprint density at radius 2 is 0.543 bits per heavy atom. The minimum Gasteiger partial charge on any atom is -0.466 e. The van der Waals surface area contributed by atoms with Crippen LogP contribution in [-0.4, -0.2) is 47.4 Å². The molecule has 0 aromatic heterocycles. The number of nitrogens with one attached hydrogen (secondary N) is 1. The second kappa shape index (κ2) is 81.5. The van der Waals surface area contributed by atoms with Gasteiger partial charge in [-0.2, -0.15) is 0 Å². The third-order valence-electron chi connectivity index (χ3n) is 19.9. The van der Waals surface area contributed by atoms with Gasteiger partial charge in [0.2, 0.25) is 5.91 Å². The molecule has 0 aromatic rings. The molecule has 2 unspecified atom stereocenters. The minimum atomic E-state index is -0.664. The molecule has 0 aromatic carbocycles. The standard InChI is InChI=1S/C86H165NO5/c1-3-5-7-9-11-13-15-17-19-20-21-22-23-39-42-45-48-51-54-58-62-66-70-74-78-84(89)83(82-88)87-85(90)79-75-71-67-63-59-55-52-49-46-43-40-37-35-33-31-29-27-25-24-26-28-30-32-34-36-38-41-44-47-50-53-57-61-65-69-73-77-81-92-86(91)80-76-72-68-64-60-56-18-16-14-12-10-8-6-4-2/h16,18,24,26,30,32,83-84,88-89H,3-15,17,19-23,25,27-29,31,33-82H2,1-2H3,(H,87,90)/b18-16-,26-24-,32-30-. The highest BCUT2D eigenvalue weighted by Gasteiger charge is 2.20. The normalized spacial score (nSPS) is 12.6. The lowest BCUT2D eigenvalue weighted by molar-refractivity contribution is -0.143. The van der Waals surface area contributed by atoms with Gasteiger partial charge in [-0.25, -0.2) is 0 Å². The highest BCUT2D eigenvalue weighted by molar-refractivity contribution is 5.76. The summed E-state index contributed by atoms with van der Waals surface area (Å²) >= 11 is 0. The summed E-state index contributed by atoms with van der Waals surface area (Å²) in [5.74, 6) is -0.0154. The fourth-order valence-corrected chi connectivity index (χ4v) is 13.5. The van der Waals surface area contributed by atoms with Crippen molar-refractivity contribution < 1.29 is 24.5 Å². The van der Waals surface area contributed by atoms with Gasteiger partial charge in [-0.05, 0) is 83.5 Å². The summed E-state index contributed by atoms with van der Waals surface area (Å²) < 4.78 is 5.49. The minimum absolute atomic E-state index is 0.0110. The fraction of sp³-hybridized carbons (Fsp3) is 0.907. The Balaban J connectivity index is 3.37. The third kappa shape index (κ3) is 77.1. The summed E-state index contributed by atoms with van der Waals surface area (Å²) in [5.41, 5.74) is 0. The van der Waals surface area contributed by atoms with Gasteiger partial charge in [0.15, 0.2) is 0 Å². The van der Waals surface area contributed by atoms with Crippen molar-refractivity contribution in [2.45, 2.75) is 488 Å². The Kier molecular flexibility index (Phi) is 79.8. The van der Waals surface area contributed by atoms with Crippen LogP contribution >= 0.6 is 0 Å². The van der Waals surface area contributed by atoms with E-state index >= 15 is 0 Å². The summed E-state index contributed by atoms with van der Waals surface area (Å²) in [6.07, 6.45) is 107. The molecule has 0 rings (SSSR count). The van der Waals surface area contributed by atoms with Gasteiger partial charge in [-0.1, -0.05) is 416 Å². The second-order valence-corrected chi connectivity index (χ2v) is 29.2. The van der Waals surface area contributed by atoms with Crippen LogP contribution in [0.3, 0.4) is 0 Å². The van der Waals surface area contributed by atoms with Gasteiger partial charge in [0, 0.05) is 12.8 Å². The predicted octanol–water partition coefficient (Wildman–Crippen LogP) is 28.2. The zero-order chi connectivity index (χ0) is 66.3. The smallest absolute Gasteiger partial charge is 0.305 e. The molecule has 0 saturated heterocycles. The summed E-state index contributed by atoms with van der Waals surface area (Å²) in [7, 11) is 0. The molecular formula is C86H165NO5. The first kappa shape index (κ1) is 90.1. The van der Waals surface area contributed by atoms with Crippen molar-refractivity contribution in [3.05, 3.63) is 36.5 Å². The predicted molar refractivity (Wildman–Crippen MR) is 407 cm³/mol. The number of carbonyl (C=O) groups excluding carboxylic acids is 2. The lowest BCUT2D eigenvalue weighted by atomic mass is 10.0. The summed E-state index contributed by atoms with van der Waals surface area (Å²) in [6, 6.07) is -0.541. The molecule has 0 spiro atoms. The van der Waals surface area contributed by atoms with Crippen LogP contribution in [-0.2, 0) is 14.3 Å². The zero-order valence-electron chi connectivity index (χ0n) is 62.6. The third-order valence-corrected chi connectivity index (χ3v) is 19.9. The van der Waals surface area contributed by atoms with Crippen LogP contribution in [0.1, 0.15) is 476 Å². The zero-order valence-corrected chi connectivity index (χ0v) is 62.6. The molecule has 0 heterocycles. The number of allylic oxidation sites excluding steroid dienone is 6. The Morgan fingerprint density at radius 3 is 0.837 bits per heavy atom. The van der Waals surface area contributed by atoms with Crippen molar-refractivity contribution in [2.75, 3.05) is 13.2 Å². The first-order valence-electron chi connectivity index (χ1n) is 42.2. The molecule has 6 heteroatoms. The maximum absolute atomic E-state index is 12.6. The first-order chi connectivity index (χ1) is 45.5. The number of ether oxygens (including phenoxy) is 1. The van der Waals surface area contributed by atoms with Crippen molar-refractivity contribution in [3.63, 3.8) is 0 Å². The number of hydrogen-bond donors (Lipinski definition) is 3. The van der Waals surface area contributed by atoms with E-state index in [1.54, 1.807) is 0 Å². The van der Waals surface area contributed by atoms with Crippen molar-refractivity contribution >= 4 is 11.9 Å². The average molecular weight is 1290 g/mol. The van der Waals surface area contributed by atoms with Crippen LogP contribution in [0.4, 0.5) is 0 Å². The Hall–Kier alpha value is -1.92. The number of carbonyl (C=O) groups is 2. The van der Waals surface area contributed by atoms with E-state index < -0.39 is 12.1 Å². The number of rotatable bonds is 80. The lowest BCUT2D eigenvalue weighted by Gasteiger charge is -2.22. The van der Waals surface area contributed by atoms with E-state index in [4.69, 9.17) is 4.74 Å². The molecular weight excluding hydrogens is 1130 g/mol. The molecule has 1 amide bonds. The molecule has 0 bridgehead atoms. The molecule has 544 valence electrons. The molecule has 92 heavy (non-hydrogen) atoms. The Morgan fingerprint density at radius 1 is 0.304 bits per heavy atom. The topological polar surface area (TPSA) is 95.9 Å². The molecule has 0 radical (unpaired) electrons. The van der Waals surface area contributed by atoms with Gasteiger partial charge in [-0.3, -0.25) is 9.59 Å². The van der Waals surface area contributed by atoms with E-state index in [1.165, 1.54) is 392 Å². The van der Waals surface area contributed by atoms with Crippen molar-refractivity contribution in [1.82, 2.24) is 5.32 Å². The van der Waals surface area contributed by atoms with Gasteiger partial charge >= 0.3 is 5.97 Å². The lowest BCUT2D eigenvalue weighted by Crippen LogP contribution is -2.45. The highest BCUT2D eigenvalue weighted by Crippen LogP contribution is 2.20. The number of unbranched alkanes of at least 4 members (excludes halogenated alkanes) is 63. The van der Waals surface area contributed by atoms with Crippen molar-refractivity contribution in [3.8, 4) is 0 Å². The van der Waals surface area contributed by atoms with Gasteiger partial charge in [0.1, 0.15) is 0 Å². The summed E-state index contributed by atoms with van der Waals surface area (Å²) in [4.78, 5) is 24.7. The molecule has 0 aliphatic rings. The fourth-order valence-electron chi connectivity index (χ4n) is 13.5. The van der Waals surface area contributed by atoms with E-state index in [2.05, 4.69) is 55.6 Å². The number of aliphatic hydroxyl groups is 2. The number of esters is 1. The van der Waals surface area contributed by atoms with E-state index in [0.717, 1.165) is 51.4 Å². The molecule has 0 saturated carbocycles. The second-order valence-electron chi connectivity index (χ2n) is 29.2.